The molecule has 0 saturated heterocycles. The van der Waals surface area contributed by atoms with Crippen LogP contribution in [0.4, 0.5) is 13.2 Å². The minimum atomic E-state index is -4.47. The number of alkyl halides is 3. The zero-order chi connectivity index (χ0) is 26.4. The largest absolute Gasteiger partial charge is 0.477 e. The molecule has 5 rings (SSSR count). The van der Waals surface area contributed by atoms with Gasteiger partial charge in [0, 0.05) is 26.3 Å². The Kier molecular flexibility index (Phi) is 9.34. The number of nitrogens with zero attached hydrogens (tertiary/aromatic N) is 2. The van der Waals surface area contributed by atoms with Crippen LogP contribution in [0.5, 0.6) is 0 Å². The van der Waals surface area contributed by atoms with E-state index in [-0.39, 0.29) is 32.2 Å². The van der Waals surface area contributed by atoms with E-state index >= 15 is 0 Å². The van der Waals surface area contributed by atoms with E-state index in [2.05, 4.69) is 23.2 Å². The van der Waals surface area contributed by atoms with Crippen molar-refractivity contribution in [3.8, 4) is 11.3 Å². The Morgan fingerprint density at radius 2 is 1.68 bits per heavy atom. The van der Waals surface area contributed by atoms with Crippen molar-refractivity contribution in [1.29, 1.82) is 0 Å². The third kappa shape index (κ3) is 7.03. The number of hydrogen-bond acceptors (Lipinski definition) is 3. The topological polar surface area (TPSA) is 72.2 Å². The molecule has 1 radical (unpaired) electrons. The number of rotatable bonds is 4. The molecular formula is C29H20F3IrN2O3-. The number of carbonyl (C=O) groups is 1. The van der Waals surface area contributed by atoms with E-state index in [0.29, 0.717) is 0 Å². The van der Waals surface area contributed by atoms with Gasteiger partial charge in [-0.1, -0.05) is 42.5 Å². The molecule has 9 heteroatoms. The van der Waals surface area contributed by atoms with Crippen LogP contribution in [0.1, 0.15) is 21.5 Å². The Morgan fingerprint density at radius 1 is 0.921 bits per heavy atom. The van der Waals surface area contributed by atoms with Crippen LogP contribution in [-0.4, -0.2) is 20.6 Å². The Balaban J connectivity index is 0.000000211. The maximum Gasteiger partial charge on any atom is 0.416 e. The van der Waals surface area contributed by atoms with Crippen molar-refractivity contribution >= 4 is 16.9 Å². The molecule has 2 aromatic heterocycles. The molecule has 0 aliphatic heterocycles. The van der Waals surface area contributed by atoms with Crippen molar-refractivity contribution in [1.82, 2.24) is 9.55 Å². The number of hydrogen-bond donors (Lipinski definition) is 1. The predicted molar refractivity (Wildman–Crippen MR) is 134 cm³/mol. The zero-order valence-electron chi connectivity index (χ0n) is 19.6. The monoisotopic (exact) mass is 694 g/mol. The van der Waals surface area contributed by atoms with Gasteiger partial charge in [-0.15, -0.1) is 35.9 Å². The van der Waals surface area contributed by atoms with Gasteiger partial charge in [-0.05, 0) is 47.0 Å². The third-order valence-corrected chi connectivity index (χ3v) is 5.44. The molecule has 38 heavy (non-hydrogen) atoms. The maximum absolute atomic E-state index is 12.6. The number of aromatic nitrogens is 2. The fourth-order valence-electron chi connectivity index (χ4n) is 3.64. The summed E-state index contributed by atoms with van der Waals surface area (Å²) < 4.78 is 38.9. The molecule has 195 valence electrons. The van der Waals surface area contributed by atoms with E-state index in [4.69, 9.17) is 5.11 Å². The maximum atomic E-state index is 12.6. The van der Waals surface area contributed by atoms with Gasteiger partial charge in [0.15, 0.2) is 0 Å². The molecule has 1 N–H and O–H groups in total. The first-order valence-corrected chi connectivity index (χ1v) is 11.1. The average molecular weight is 694 g/mol. The minimum Gasteiger partial charge on any atom is -0.477 e. The van der Waals surface area contributed by atoms with E-state index in [1.165, 1.54) is 29.8 Å². The number of para-hydroxylation sites is 1. The minimum absolute atomic E-state index is 0. The summed E-state index contributed by atoms with van der Waals surface area (Å²) >= 11 is 0. The number of benzene rings is 3. The molecule has 0 unspecified atom stereocenters. The summed E-state index contributed by atoms with van der Waals surface area (Å²) in [4.78, 5) is 27.3. The normalized spacial score (nSPS) is 10.7. The average Bonchev–Trinajstić information content (AvgIpc) is 2.90. The second kappa shape index (κ2) is 12.4. The number of halogens is 3. The molecule has 5 aromatic rings. The summed E-state index contributed by atoms with van der Waals surface area (Å²) in [6.07, 6.45) is -3.14. The van der Waals surface area contributed by atoms with E-state index in [1.54, 1.807) is 0 Å². The molecule has 0 aliphatic rings. The molecule has 0 aliphatic carbocycles. The first-order chi connectivity index (χ1) is 17.7. The van der Waals surface area contributed by atoms with Gasteiger partial charge in [0.2, 0.25) is 0 Å². The number of pyridine rings is 2. The van der Waals surface area contributed by atoms with Crippen molar-refractivity contribution in [2.75, 3.05) is 0 Å². The summed E-state index contributed by atoms with van der Waals surface area (Å²) in [6, 6.07) is 30.4. The number of aromatic carboxylic acids is 1. The van der Waals surface area contributed by atoms with Crippen LogP contribution in [0, 0.1) is 6.07 Å². The first-order valence-electron chi connectivity index (χ1n) is 11.1. The van der Waals surface area contributed by atoms with Crippen LogP contribution in [0.2, 0.25) is 0 Å². The van der Waals surface area contributed by atoms with Crippen LogP contribution in [-0.2, 0) is 32.8 Å². The van der Waals surface area contributed by atoms with E-state index in [0.717, 1.165) is 39.5 Å². The number of carboxylic acids is 1. The Labute approximate surface area is 229 Å². The van der Waals surface area contributed by atoms with E-state index < -0.39 is 28.8 Å². The smallest absolute Gasteiger partial charge is 0.416 e. The molecule has 0 bridgehead atoms. The van der Waals surface area contributed by atoms with Gasteiger partial charge in [0.25, 0.3) is 5.56 Å². The molecule has 2 heterocycles. The van der Waals surface area contributed by atoms with Crippen molar-refractivity contribution in [2.24, 2.45) is 0 Å². The Hall–Kier alpha value is -4.07. The van der Waals surface area contributed by atoms with Crippen LogP contribution in [0.3, 0.4) is 0 Å². The second-order valence-electron chi connectivity index (χ2n) is 8.02. The van der Waals surface area contributed by atoms with E-state index in [9.17, 15) is 22.8 Å². The van der Waals surface area contributed by atoms with Gasteiger partial charge in [0.1, 0.15) is 5.56 Å². The van der Waals surface area contributed by atoms with Gasteiger partial charge in [-0.3, -0.25) is 9.78 Å². The molecule has 5 nitrogen and oxygen atoms in total. The summed E-state index contributed by atoms with van der Waals surface area (Å²) in [5, 5.41) is 10.0. The van der Waals surface area contributed by atoms with Crippen LogP contribution >= 0.6 is 0 Å². The van der Waals surface area contributed by atoms with Crippen LogP contribution < -0.4 is 5.56 Å². The summed E-state index contributed by atoms with van der Waals surface area (Å²) in [5.41, 5.74) is 1.29. The fraction of sp³-hybridized carbons (Fsp3) is 0.0690. The predicted octanol–water partition coefficient (Wildman–Crippen LogP) is 6.31. The van der Waals surface area contributed by atoms with Crippen molar-refractivity contribution in [3.05, 3.63) is 136 Å². The van der Waals surface area contributed by atoms with Crippen molar-refractivity contribution in [3.63, 3.8) is 0 Å². The first kappa shape index (κ1) is 28.5. The zero-order valence-corrected chi connectivity index (χ0v) is 22.0. The molecule has 3 aromatic carbocycles. The summed E-state index contributed by atoms with van der Waals surface area (Å²) in [6.45, 7) is -0.135. The molecule has 0 atom stereocenters. The second-order valence-corrected chi connectivity index (χ2v) is 8.02. The quantitative estimate of drug-likeness (QED) is 0.224. The van der Waals surface area contributed by atoms with Crippen LogP contribution in [0.25, 0.3) is 22.2 Å². The van der Waals surface area contributed by atoms with E-state index in [1.807, 2.05) is 48.5 Å². The van der Waals surface area contributed by atoms with Gasteiger partial charge < -0.3 is 9.67 Å². The fourth-order valence-corrected chi connectivity index (χ4v) is 3.64. The van der Waals surface area contributed by atoms with Gasteiger partial charge in [-0.25, -0.2) is 4.79 Å². The van der Waals surface area contributed by atoms with Crippen molar-refractivity contribution < 1.29 is 43.2 Å². The molecule has 0 saturated carbocycles. The number of fused-ring (bicyclic) bond motifs is 1. The summed E-state index contributed by atoms with van der Waals surface area (Å²) in [5.74, 6) is -1.38. The molecule has 0 fully saturated rings. The molecular weight excluding hydrogens is 674 g/mol. The number of carboxylic acid groups (broad SMARTS) is 1. The molecule has 0 amide bonds. The third-order valence-electron chi connectivity index (χ3n) is 5.44. The molecule has 0 spiro atoms. The Morgan fingerprint density at radius 3 is 2.39 bits per heavy atom. The van der Waals surface area contributed by atoms with Gasteiger partial charge >= 0.3 is 12.1 Å². The van der Waals surface area contributed by atoms with Crippen molar-refractivity contribution in [2.45, 2.75) is 12.7 Å². The van der Waals surface area contributed by atoms with Gasteiger partial charge in [0.05, 0.1) is 17.6 Å². The van der Waals surface area contributed by atoms with Gasteiger partial charge in [-0.2, -0.15) is 13.2 Å². The SMILES string of the molecule is O=C(O)c1cccn(Cc2cccc(C(F)(F)F)c2)c1=O.[Ir].[c-]1ccccc1-c1ccc2ccccc2n1. The standard InChI is InChI=1S/C15H10N.C14H10F3NO3.Ir/c1-2-6-12(7-3-1)15-11-10-13-8-4-5-9-14(13)16-15;15-14(16,17)10-4-1-3-9(7-10)8-18-6-2-5-11(12(18)19)13(20)21;/h1-6,8-11H;1-7H,8H2,(H,20,21);/q-1;;. The van der Waals surface area contributed by atoms with Crippen LogP contribution in [0.15, 0.2) is 108 Å². The summed E-state index contributed by atoms with van der Waals surface area (Å²) in [7, 11) is 0. The Bertz CT molecular complexity index is 1600.